The van der Waals surface area contributed by atoms with Crippen molar-refractivity contribution in [2.45, 2.75) is 26.2 Å². The van der Waals surface area contributed by atoms with Crippen LogP contribution in [-0.4, -0.2) is 33.8 Å². The van der Waals surface area contributed by atoms with Crippen LogP contribution in [-0.2, 0) is 22.4 Å². The van der Waals surface area contributed by atoms with Gasteiger partial charge in [-0.3, -0.25) is 14.4 Å². The van der Waals surface area contributed by atoms with Crippen molar-refractivity contribution in [3.05, 3.63) is 71.0 Å². The third-order valence-corrected chi connectivity index (χ3v) is 4.73. The summed E-state index contributed by atoms with van der Waals surface area (Å²) in [7, 11) is 0. The largest absolute Gasteiger partial charge is 0.491 e. The van der Waals surface area contributed by atoms with E-state index in [4.69, 9.17) is 15.6 Å². The molecule has 3 rings (SSSR count). The summed E-state index contributed by atoms with van der Waals surface area (Å²) in [5.41, 5.74) is 8.62. The number of aliphatic carboxylic acids is 1. The van der Waals surface area contributed by atoms with E-state index in [9.17, 15) is 14.4 Å². The van der Waals surface area contributed by atoms with E-state index in [0.29, 0.717) is 24.1 Å². The lowest BCUT2D eigenvalue weighted by Gasteiger charge is -2.09. The van der Waals surface area contributed by atoms with Crippen molar-refractivity contribution in [3.63, 3.8) is 0 Å². The molecule has 3 N–H and O–H groups in total. The van der Waals surface area contributed by atoms with Gasteiger partial charge in [0.15, 0.2) is 0 Å². The number of hydrogen-bond donors (Lipinski definition) is 2. The predicted octanol–water partition coefficient (Wildman–Crippen LogP) is 2.61. The number of carboxylic acids is 1. The monoisotopic (exact) mass is 394 g/mol. The lowest BCUT2D eigenvalue weighted by Crippen LogP contribution is -2.24. The van der Waals surface area contributed by atoms with Gasteiger partial charge in [0.25, 0.3) is 11.7 Å². The lowest BCUT2D eigenvalue weighted by atomic mass is 9.99. The van der Waals surface area contributed by atoms with E-state index in [2.05, 4.69) is 0 Å². The Morgan fingerprint density at radius 2 is 1.83 bits per heavy atom. The van der Waals surface area contributed by atoms with Gasteiger partial charge in [0.1, 0.15) is 5.75 Å². The molecule has 2 aromatic heterocycles. The number of rotatable bonds is 9. The molecule has 1 aromatic carbocycles. The first-order chi connectivity index (χ1) is 13.9. The van der Waals surface area contributed by atoms with Crippen LogP contribution in [0.25, 0.3) is 5.52 Å². The molecule has 150 valence electrons. The number of carbonyl (C=O) groups is 3. The van der Waals surface area contributed by atoms with Crippen LogP contribution in [0.3, 0.4) is 0 Å². The van der Waals surface area contributed by atoms with Crippen LogP contribution in [0.15, 0.2) is 48.7 Å². The number of aromatic nitrogens is 1. The SMILES string of the molecule is CCc1c(C(=O)C(N)=O)c2c(OCCC(=O)O)cccn2c1Cc1ccccc1. The number of Topliss-reactive ketones (excluding diaryl/α,β-unsaturated/α-hetero) is 1. The predicted molar refractivity (Wildman–Crippen MR) is 107 cm³/mol. The third-order valence-electron chi connectivity index (χ3n) is 4.73. The van der Waals surface area contributed by atoms with Crippen LogP contribution in [0, 0.1) is 0 Å². The van der Waals surface area contributed by atoms with Crippen LogP contribution in [0.5, 0.6) is 5.75 Å². The maximum atomic E-state index is 12.7. The molecular formula is C22H22N2O5. The van der Waals surface area contributed by atoms with Crippen LogP contribution < -0.4 is 10.5 Å². The summed E-state index contributed by atoms with van der Waals surface area (Å²) in [4.78, 5) is 35.3. The fraction of sp³-hybridized carbons (Fsp3) is 0.227. The van der Waals surface area contributed by atoms with Crippen LogP contribution >= 0.6 is 0 Å². The number of amides is 1. The van der Waals surface area contributed by atoms with Crippen molar-refractivity contribution >= 4 is 23.2 Å². The first kappa shape index (κ1) is 20.1. The lowest BCUT2D eigenvalue weighted by molar-refractivity contribution is -0.137. The number of nitrogens with zero attached hydrogens (tertiary/aromatic N) is 1. The highest BCUT2D eigenvalue weighted by Crippen LogP contribution is 2.33. The molecule has 0 aliphatic rings. The topological polar surface area (TPSA) is 111 Å². The molecule has 0 bridgehead atoms. The number of hydrogen-bond acceptors (Lipinski definition) is 4. The quantitative estimate of drug-likeness (QED) is 0.428. The van der Waals surface area contributed by atoms with Gasteiger partial charge in [-0.15, -0.1) is 0 Å². The summed E-state index contributed by atoms with van der Waals surface area (Å²) in [6.07, 6.45) is 2.69. The van der Waals surface area contributed by atoms with E-state index in [1.54, 1.807) is 18.3 Å². The maximum absolute atomic E-state index is 12.7. The van der Waals surface area contributed by atoms with Crippen LogP contribution in [0.1, 0.15) is 40.5 Å². The van der Waals surface area contributed by atoms with E-state index < -0.39 is 17.7 Å². The van der Waals surface area contributed by atoms with Gasteiger partial charge in [0, 0.05) is 18.3 Å². The Balaban J connectivity index is 2.21. The van der Waals surface area contributed by atoms with Crippen molar-refractivity contribution in [2.24, 2.45) is 5.73 Å². The molecule has 0 radical (unpaired) electrons. The Morgan fingerprint density at radius 3 is 2.45 bits per heavy atom. The molecule has 1 amide bonds. The number of benzene rings is 1. The maximum Gasteiger partial charge on any atom is 0.306 e. The van der Waals surface area contributed by atoms with Crippen LogP contribution in [0.2, 0.25) is 0 Å². The second-order valence-corrected chi connectivity index (χ2v) is 6.59. The highest BCUT2D eigenvalue weighted by molar-refractivity contribution is 6.44. The van der Waals surface area contributed by atoms with Crippen molar-refractivity contribution in [1.82, 2.24) is 4.40 Å². The molecule has 0 spiro atoms. The summed E-state index contributed by atoms with van der Waals surface area (Å²) in [5, 5.41) is 8.87. The van der Waals surface area contributed by atoms with Gasteiger partial charge in [0.05, 0.1) is 24.1 Å². The molecule has 0 saturated carbocycles. The second-order valence-electron chi connectivity index (χ2n) is 6.59. The fourth-order valence-electron chi connectivity index (χ4n) is 3.48. The molecule has 0 saturated heterocycles. The van der Waals surface area contributed by atoms with E-state index in [1.807, 2.05) is 41.7 Å². The number of ether oxygens (including phenoxy) is 1. The summed E-state index contributed by atoms with van der Waals surface area (Å²) in [6.45, 7) is 1.85. The Labute approximate surface area is 167 Å². The molecule has 7 heteroatoms. The molecule has 0 unspecified atom stereocenters. The highest BCUT2D eigenvalue weighted by Gasteiger charge is 2.27. The van der Waals surface area contributed by atoms with Gasteiger partial charge in [-0.1, -0.05) is 37.3 Å². The third kappa shape index (κ3) is 4.13. The zero-order valence-electron chi connectivity index (χ0n) is 16.1. The zero-order chi connectivity index (χ0) is 21.0. The smallest absolute Gasteiger partial charge is 0.306 e. The number of ketones is 1. The van der Waals surface area contributed by atoms with E-state index in [-0.39, 0.29) is 18.6 Å². The Bertz CT molecular complexity index is 1070. The molecular weight excluding hydrogens is 372 g/mol. The number of nitrogens with two attached hydrogens (primary N) is 1. The standard InChI is InChI=1S/C22H22N2O5/c1-2-15-16(13-14-7-4-3-5-8-14)24-11-6-9-17(29-12-10-18(25)26)20(24)19(15)21(27)22(23)28/h3-9,11H,2,10,12-13H2,1H3,(H2,23,28)(H,25,26). The first-order valence-corrected chi connectivity index (χ1v) is 9.31. The van der Waals surface area contributed by atoms with Gasteiger partial charge >= 0.3 is 5.97 Å². The molecule has 0 aliphatic carbocycles. The number of pyridine rings is 1. The minimum absolute atomic E-state index is 0.0557. The van der Waals surface area contributed by atoms with Gasteiger partial charge in [-0.05, 0) is 29.7 Å². The summed E-state index contributed by atoms with van der Waals surface area (Å²) < 4.78 is 7.49. The number of carboxylic acid groups (broad SMARTS) is 1. The van der Waals surface area contributed by atoms with Gasteiger partial charge < -0.3 is 20.0 Å². The van der Waals surface area contributed by atoms with Gasteiger partial charge in [-0.2, -0.15) is 0 Å². The van der Waals surface area contributed by atoms with E-state index >= 15 is 0 Å². The molecule has 3 aromatic rings. The number of primary amides is 1. The minimum Gasteiger partial charge on any atom is -0.491 e. The van der Waals surface area contributed by atoms with Gasteiger partial charge in [-0.25, -0.2) is 0 Å². The van der Waals surface area contributed by atoms with E-state index in [1.165, 1.54) is 0 Å². The summed E-state index contributed by atoms with van der Waals surface area (Å²) in [6, 6.07) is 13.2. The number of carbonyl (C=O) groups excluding carboxylic acids is 2. The van der Waals surface area contributed by atoms with Gasteiger partial charge in [0.2, 0.25) is 0 Å². The highest BCUT2D eigenvalue weighted by atomic mass is 16.5. The average Bonchev–Trinajstić information content (AvgIpc) is 3.02. The average molecular weight is 394 g/mol. The Hall–Kier alpha value is -3.61. The molecule has 2 heterocycles. The molecule has 0 fully saturated rings. The fourth-order valence-corrected chi connectivity index (χ4v) is 3.48. The second kappa shape index (κ2) is 8.60. The van der Waals surface area contributed by atoms with Crippen LogP contribution in [0.4, 0.5) is 0 Å². The van der Waals surface area contributed by atoms with Crippen molar-refractivity contribution in [2.75, 3.05) is 6.61 Å². The molecule has 7 nitrogen and oxygen atoms in total. The Kier molecular flexibility index (Phi) is 5.97. The zero-order valence-corrected chi connectivity index (χ0v) is 16.1. The van der Waals surface area contributed by atoms with E-state index in [0.717, 1.165) is 16.8 Å². The number of fused-ring (bicyclic) bond motifs is 1. The molecule has 0 aliphatic heterocycles. The van der Waals surface area contributed by atoms with Crippen molar-refractivity contribution in [3.8, 4) is 5.75 Å². The summed E-state index contributed by atoms with van der Waals surface area (Å²) in [5.74, 6) is -2.47. The Morgan fingerprint density at radius 1 is 1.10 bits per heavy atom. The summed E-state index contributed by atoms with van der Waals surface area (Å²) >= 11 is 0. The molecule has 0 atom stereocenters. The normalized spacial score (nSPS) is 10.8. The molecule has 29 heavy (non-hydrogen) atoms. The van der Waals surface area contributed by atoms with Crippen molar-refractivity contribution in [1.29, 1.82) is 0 Å². The first-order valence-electron chi connectivity index (χ1n) is 9.31. The van der Waals surface area contributed by atoms with Crippen molar-refractivity contribution < 1.29 is 24.2 Å². The minimum atomic E-state index is -1.04.